The molecule has 6 heteroatoms. The molecule has 1 aliphatic heterocycles. The van der Waals surface area contributed by atoms with Crippen LogP contribution in [0.4, 0.5) is 5.69 Å². The summed E-state index contributed by atoms with van der Waals surface area (Å²) >= 11 is 0. The van der Waals surface area contributed by atoms with E-state index in [0.29, 0.717) is 18.0 Å². The monoisotopic (exact) mass is 353 g/mol. The van der Waals surface area contributed by atoms with Gasteiger partial charge in [-0.1, -0.05) is 42.5 Å². The van der Waals surface area contributed by atoms with E-state index in [1.165, 1.54) is 0 Å². The molecule has 1 aliphatic rings. The van der Waals surface area contributed by atoms with Gasteiger partial charge < -0.3 is 20.3 Å². The molecule has 0 spiro atoms. The van der Waals surface area contributed by atoms with Gasteiger partial charge in [0.05, 0.1) is 18.2 Å². The van der Waals surface area contributed by atoms with Crippen molar-refractivity contribution in [1.29, 1.82) is 0 Å². The summed E-state index contributed by atoms with van der Waals surface area (Å²) in [6.45, 7) is 0.663. The molecular formula is C20H23N3O3. The summed E-state index contributed by atoms with van der Waals surface area (Å²) < 4.78 is 5.70. The number of nitrogens with one attached hydrogen (secondary N) is 2. The van der Waals surface area contributed by atoms with Crippen LogP contribution < -0.4 is 15.4 Å². The number of benzene rings is 2. The Labute approximate surface area is 153 Å². The Morgan fingerprint density at radius 2 is 1.85 bits per heavy atom. The summed E-state index contributed by atoms with van der Waals surface area (Å²) in [4.78, 5) is 26.8. The van der Waals surface area contributed by atoms with Gasteiger partial charge in [0.15, 0.2) is 6.10 Å². The third-order valence-electron chi connectivity index (χ3n) is 4.16. The maximum absolute atomic E-state index is 12.5. The van der Waals surface area contributed by atoms with E-state index in [9.17, 15) is 9.59 Å². The number of carbonyl (C=O) groups excluding carboxylic acids is 2. The number of hydrogen-bond donors (Lipinski definition) is 2. The van der Waals surface area contributed by atoms with Crippen molar-refractivity contribution in [2.75, 3.05) is 26.0 Å². The quantitative estimate of drug-likeness (QED) is 0.835. The number of anilines is 1. The predicted molar refractivity (Wildman–Crippen MR) is 100.0 cm³/mol. The van der Waals surface area contributed by atoms with E-state index in [2.05, 4.69) is 10.6 Å². The topological polar surface area (TPSA) is 70.7 Å². The van der Waals surface area contributed by atoms with Gasteiger partial charge in [0, 0.05) is 6.54 Å². The molecule has 2 N–H and O–H groups in total. The van der Waals surface area contributed by atoms with Crippen molar-refractivity contribution in [1.82, 2.24) is 10.2 Å². The van der Waals surface area contributed by atoms with E-state index < -0.39 is 6.10 Å². The third-order valence-corrected chi connectivity index (χ3v) is 4.16. The van der Waals surface area contributed by atoms with E-state index in [4.69, 9.17) is 4.74 Å². The zero-order chi connectivity index (χ0) is 18.5. The Bertz CT molecular complexity index is 777. The minimum Gasteiger partial charge on any atom is -0.478 e. The second-order valence-corrected chi connectivity index (χ2v) is 6.59. The van der Waals surface area contributed by atoms with Gasteiger partial charge in [0.25, 0.3) is 5.91 Å². The molecular weight excluding hydrogens is 330 g/mol. The average Bonchev–Trinajstić information content (AvgIpc) is 2.62. The molecule has 0 saturated heterocycles. The van der Waals surface area contributed by atoms with Gasteiger partial charge in [-0.05, 0) is 31.8 Å². The summed E-state index contributed by atoms with van der Waals surface area (Å²) in [6.07, 6.45) is -0.864. The molecule has 1 heterocycles. The van der Waals surface area contributed by atoms with Gasteiger partial charge in [0.1, 0.15) is 5.75 Å². The number of hydrogen-bond acceptors (Lipinski definition) is 4. The first-order valence-corrected chi connectivity index (χ1v) is 8.58. The van der Waals surface area contributed by atoms with Gasteiger partial charge in [-0.3, -0.25) is 9.59 Å². The maximum atomic E-state index is 12.5. The Hall–Kier alpha value is -2.86. The van der Waals surface area contributed by atoms with Gasteiger partial charge in [-0.2, -0.15) is 0 Å². The van der Waals surface area contributed by atoms with Crippen LogP contribution in [-0.4, -0.2) is 43.5 Å². The molecule has 0 fully saturated rings. The number of carbonyl (C=O) groups is 2. The SMILES string of the molecule is CN(C)C[C@@H](NC(=O)C[C@H]1Oc2ccccc2NC1=O)c1ccccc1. The number of fused-ring (bicyclic) bond motifs is 1. The minimum atomic E-state index is -0.833. The zero-order valence-electron chi connectivity index (χ0n) is 14.9. The minimum absolute atomic E-state index is 0.0308. The lowest BCUT2D eigenvalue weighted by molar-refractivity contribution is -0.131. The number of rotatable bonds is 6. The van der Waals surface area contributed by atoms with Gasteiger partial charge in [-0.25, -0.2) is 0 Å². The molecule has 3 rings (SSSR count). The fourth-order valence-corrected chi connectivity index (χ4v) is 2.93. The molecule has 0 radical (unpaired) electrons. The Kier molecular flexibility index (Phi) is 5.53. The van der Waals surface area contributed by atoms with E-state index in [0.717, 1.165) is 5.56 Å². The fourth-order valence-electron chi connectivity index (χ4n) is 2.93. The summed E-state index contributed by atoms with van der Waals surface area (Å²) in [6, 6.07) is 16.8. The highest BCUT2D eigenvalue weighted by molar-refractivity contribution is 5.99. The fraction of sp³-hybridized carbons (Fsp3) is 0.300. The maximum Gasteiger partial charge on any atom is 0.266 e. The standard InChI is InChI=1S/C20H23N3O3/c1-23(2)13-16(14-8-4-3-5-9-14)21-19(24)12-18-20(25)22-15-10-6-7-11-17(15)26-18/h3-11,16,18H,12-13H2,1-2H3,(H,21,24)(H,22,25)/t16-,18-/m1/s1. The number of para-hydroxylation sites is 2. The van der Waals surface area contributed by atoms with Crippen molar-refractivity contribution >= 4 is 17.5 Å². The van der Waals surface area contributed by atoms with E-state index in [-0.39, 0.29) is 24.3 Å². The van der Waals surface area contributed by atoms with Crippen molar-refractivity contribution < 1.29 is 14.3 Å². The molecule has 2 aromatic rings. The largest absolute Gasteiger partial charge is 0.478 e. The van der Waals surface area contributed by atoms with Crippen LogP contribution in [0.3, 0.4) is 0 Å². The van der Waals surface area contributed by atoms with Crippen LogP contribution in [-0.2, 0) is 9.59 Å². The number of nitrogens with zero attached hydrogens (tertiary/aromatic N) is 1. The Balaban J connectivity index is 1.66. The second-order valence-electron chi connectivity index (χ2n) is 6.59. The molecule has 2 aromatic carbocycles. The first-order valence-electron chi connectivity index (χ1n) is 8.58. The lowest BCUT2D eigenvalue weighted by atomic mass is 10.1. The molecule has 0 saturated carbocycles. The highest BCUT2D eigenvalue weighted by Crippen LogP contribution is 2.29. The lowest BCUT2D eigenvalue weighted by Gasteiger charge is -2.27. The van der Waals surface area contributed by atoms with Crippen LogP contribution in [0.5, 0.6) is 5.75 Å². The molecule has 0 aliphatic carbocycles. The molecule has 0 bridgehead atoms. The zero-order valence-corrected chi connectivity index (χ0v) is 14.9. The van der Waals surface area contributed by atoms with Crippen molar-refractivity contribution in [2.24, 2.45) is 0 Å². The molecule has 0 unspecified atom stereocenters. The van der Waals surface area contributed by atoms with Gasteiger partial charge in [-0.15, -0.1) is 0 Å². The van der Waals surface area contributed by atoms with Crippen molar-refractivity contribution in [3.05, 3.63) is 60.2 Å². The lowest BCUT2D eigenvalue weighted by Crippen LogP contribution is -2.42. The van der Waals surface area contributed by atoms with E-state index in [1.54, 1.807) is 12.1 Å². The van der Waals surface area contributed by atoms with Crippen LogP contribution in [0.25, 0.3) is 0 Å². The summed E-state index contributed by atoms with van der Waals surface area (Å²) in [5.74, 6) is 0.0563. The summed E-state index contributed by atoms with van der Waals surface area (Å²) in [7, 11) is 3.91. The van der Waals surface area contributed by atoms with Crippen LogP contribution in [0.15, 0.2) is 54.6 Å². The third kappa shape index (κ3) is 4.40. The molecule has 2 atom stereocenters. The van der Waals surface area contributed by atoms with Crippen molar-refractivity contribution in [3.63, 3.8) is 0 Å². The smallest absolute Gasteiger partial charge is 0.266 e. The molecule has 0 aromatic heterocycles. The Morgan fingerprint density at radius 1 is 1.15 bits per heavy atom. The molecule has 136 valence electrons. The average molecular weight is 353 g/mol. The highest BCUT2D eigenvalue weighted by atomic mass is 16.5. The van der Waals surface area contributed by atoms with Crippen LogP contribution in [0.2, 0.25) is 0 Å². The summed E-state index contributed by atoms with van der Waals surface area (Å²) in [5.41, 5.74) is 1.65. The van der Waals surface area contributed by atoms with Gasteiger partial charge >= 0.3 is 0 Å². The number of ether oxygens (including phenoxy) is 1. The van der Waals surface area contributed by atoms with Gasteiger partial charge in [0.2, 0.25) is 5.91 Å². The second kappa shape index (κ2) is 8.01. The highest BCUT2D eigenvalue weighted by Gasteiger charge is 2.30. The van der Waals surface area contributed by atoms with Crippen molar-refractivity contribution in [3.8, 4) is 5.75 Å². The normalized spacial score (nSPS) is 17.0. The van der Waals surface area contributed by atoms with Crippen LogP contribution >= 0.6 is 0 Å². The molecule has 6 nitrogen and oxygen atoms in total. The number of amides is 2. The number of likely N-dealkylation sites (N-methyl/N-ethyl adjacent to an activating group) is 1. The first kappa shape index (κ1) is 17.9. The predicted octanol–water partition coefficient (Wildman–Crippen LogP) is 2.20. The van der Waals surface area contributed by atoms with E-state index in [1.807, 2.05) is 61.5 Å². The van der Waals surface area contributed by atoms with E-state index >= 15 is 0 Å². The van der Waals surface area contributed by atoms with Crippen LogP contribution in [0, 0.1) is 0 Å². The Morgan fingerprint density at radius 3 is 2.58 bits per heavy atom. The molecule has 26 heavy (non-hydrogen) atoms. The van der Waals surface area contributed by atoms with Crippen LogP contribution in [0.1, 0.15) is 18.0 Å². The summed E-state index contributed by atoms with van der Waals surface area (Å²) in [5, 5.41) is 5.80. The van der Waals surface area contributed by atoms with Crippen molar-refractivity contribution in [2.45, 2.75) is 18.6 Å². The first-order chi connectivity index (χ1) is 12.5. The molecule has 2 amide bonds.